The molecule has 3 rings (SSSR count). The molecule has 0 bridgehead atoms. The zero-order valence-corrected chi connectivity index (χ0v) is 15.5. The molecule has 0 spiro atoms. The highest BCUT2D eigenvalue weighted by molar-refractivity contribution is 6.11. The van der Waals surface area contributed by atoms with Gasteiger partial charge in [0, 0.05) is 11.3 Å². The number of ether oxygens (including phenoxy) is 1. The predicted molar refractivity (Wildman–Crippen MR) is 102 cm³/mol. The number of anilines is 1. The summed E-state index contributed by atoms with van der Waals surface area (Å²) in [6, 6.07) is 14.9. The zero-order valence-electron chi connectivity index (χ0n) is 15.5. The van der Waals surface area contributed by atoms with Gasteiger partial charge in [0.15, 0.2) is 6.10 Å². The Morgan fingerprint density at radius 1 is 1.21 bits per heavy atom. The van der Waals surface area contributed by atoms with E-state index >= 15 is 0 Å². The van der Waals surface area contributed by atoms with Crippen molar-refractivity contribution < 1.29 is 23.9 Å². The van der Waals surface area contributed by atoms with Gasteiger partial charge in [-0.2, -0.15) is 5.26 Å². The molecule has 146 valence electrons. The number of fused-ring (bicyclic) bond motifs is 1. The van der Waals surface area contributed by atoms with Gasteiger partial charge in [0.1, 0.15) is 6.54 Å². The Kier molecular flexibility index (Phi) is 5.69. The van der Waals surface area contributed by atoms with Crippen LogP contribution < -0.4 is 5.32 Å². The molecule has 0 saturated heterocycles. The SMILES string of the molecule is C[C@H](OC(=O)CN1C(=O)Cc2ccccc2C1=O)C(=O)Nc1cccc(C#N)c1. The molecule has 2 aromatic rings. The minimum Gasteiger partial charge on any atom is -0.451 e. The molecule has 8 nitrogen and oxygen atoms in total. The molecule has 1 atom stereocenters. The summed E-state index contributed by atoms with van der Waals surface area (Å²) in [7, 11) is 0. The first-order chi connectivity index (χ1) is 13.9. The normalized spacial score (nSPS) is 13.9. The molecule has 0 fully saturated rings. The molecule has 29 heavy (non-hydrogen) atoms. The fourth-order valence-corrected chi connectivity index (χ4v) is 2.89. The first kappa shape index (κ1) is 19.8. The fourth-order valence-electron chi connectivity index (χ4n) is 2.89. The summed E-state index contributed by atoms with van der Waals surface area (Å²) < 4.78 is 5.07. The van der Waals surface area contributed by atoms with Crippen LogP contribution in [-0.2, 0) is 25.5 Å². The Labute approximate surface area is 166 Å². The van der Waals surface area contributed by atoms with E-state index in [2.05, 4.69) is 5.32 Å². The van der Waals surface area contributed by atoms with Gasteiger partial charge >= 0.3 is 5.97 Å². The van der Waals surface area contributed by atoms with Crippen molar-refractivity contribution in [2.24, 2.45) is 0 Å². The summed E-state index contributed by atoms with van der Waals surface area (Å²) in [5.74, 6) is -2.55. The van der Waals surface area contributed by atoms with Crippen molar-refractivity contribution in [1.29, 1.82) is 5.26 Å². The number of hydrogen-bond donors (Lipinski definition) is 1. The fraction of sp³-hybridized carbons (Fsp3) is 0.190. The van der Waals surface area contributed by atoms with Crippen molar-refractivity contribution in [2.45, 2.75) is 19.4 Å². The summed E-state index contributed by atoms with van der Waals surface area (Å²) in [4.78, 5) is 49.9. The van der Waals surface area contributed by atoms with E-state index in [1.54, 1.807) is 42.5 Å². The minimum absolute atomic E-state index is 0.0144. The Morgan fingerprint density at radius 3 is 2.72 bits per heavy atom. The lowest BCUT2D eigenvalue weighted by Crippen LogP contribution is -2.46. The third-order valence-electron chi connectivity index (χ3n) is 4.36. The van der Waals surface area contributed by atoms with Crippen LogP contribution in [0.5, 0.6) is 0 Å². The second kappa shape index (κ2) is 8.35. The number of nitrogens with zero attached hydrogens (tertiary/aromatic N) is 2. The minimum atomic E-state index is -1.16. The molecule has 0 radical (unpaired) electrons. The zero-order chi connectivity index (χ0) is 21.0. The maximum Gasteiger partial charge on any atom is 0.326 e. The van der Waals surface area contributed by atoms with Gasteiger partial charge in [-0.15, -0.1) is 0 Å². The quantitative estimate of drug-likeness (QED) is 0.612. The highest BCUT2D eigenvalue weighted by Gasteiger charge is 2.33. The van der Waals surface area contributed by atoms with Gasteiger partial charge in [0.2, 0.25) is 5.91 Å². The molecule has 8 heteroatoms. The molecule has 0 aromatic heterocycles. The van der Waals surface area contributed by atoms with Crippen molar-refractivity contribution >= 4 is 29.4 Å². The van der Waals surface area contributed by atoms with E-state index in [0.717, 1.165) is 4.90 Å². The van der Waals surface area contributed by atoms with E-state index < -0.39 is 36.3 Å². The van der Waals surface area contributed by atoms with Crippen molar-refractivity contribution in [2.75, 3.05) is 11.9 Å². The number of carbonyl (C=O) groups excluding carboxylic acids is 4. The Bertz CT molecular complexity index is 1040. The third-order valence-corrected chi connectivity index (χ3v) is 4.36. The van der Waals surface area contributed by atoms with E-state index in [-0.39, 0.29) is 6.42 Å². The number of hydrogen-bond acceptors (Lipinski definition) is 6. The molecule has 1 aliphatic heterocycles. The number of amides is 3. The second-order valence-electron chi connectivity index (χ2n) is 6.43. The Balaban J connectivity index is 1.60. The highest BCUT2D eigenvalue weighted by Crippen LogP contribution is 2.19. The molecule has 3 amide bonds. The largest absolute Gasteiger partial charge is 0.451 e. The molecule has 1 heterocycles. The Morgan fingerprint density at radius 2 is 1.97 bits per heavy atom. The van der Waals surface area contributed by atoms with Gasteiger partial charge in [0.05, 0.1) is 18.1 Å². The summed E-state index contributed by atoms with van der Waals surface area (Å²) in [6.45, 7) is 0.796. The van der Waals surface area contributed by atoms with Crippen LogP contribution in [0.4, 0.5) is 5.69 Å². The van der Waals surface area contributed by atoms with Crippen molar-refractivity contribution in [3.8, 4) is 6.07 Å². The number of imide groups is 1. The van der Waals surface area contributed by atoms with Crippen LogP contribution in [0.1, 0.15) is 28.4 Å². The van der Waals surface area contributed by atoms with Crippen LogP contribution in [0, 0.1) is 11.3 Å². The molecular formula is C21H17N3O5. The maximum atomic E-state index is 12.5. The van der Waals surface area contributed by atoms with E-state index in [0.29, 0.717) is 22.4 Å². The number of rotatable bonds is 5. The number of nitriles is 1. The van der Waals surface area contributed by atoms with Crippen LogP contribution in [0.2, 0.25) is 0 Å². The highest BCUT2D eigenvalue weighted by atomic mass is 16.5. The topological polar surface area (TPSA) is 117 Å². The average molecular weight is 391 g/mol. The lowest BCUT2D eigenvalue weighted by Gasteiger charge is -2.26. The third kappa shape index (κ3) is 4.47. The molecule has 1 N–H and O–H groups in total. The van der Waals surface area contributed by atoms with E-state index in [1.807, 2.05) is 6.07 Å². The van der Waals surface area contributed by atoms with Crippen LogP contribution in [0.15, 0.2) is 48.5 Å². The second-order valence-corrected chi connectivity index (χ2v) is 6.43. The number of esters is 1. The first-order valence-corrected chi connectivity index (χ1v) is 8.82. The number of carbonyl (C=O) groups is 4. The van der Waals surface area contributed by atoms with E-state index in [1.165, 1.54) is 13.0 Å². The standard InChI is InChI=1S/C21H17N3O5/c1-13(20(27)23-16-7-4-5-14(9-16)11-22)29-19(26)12-24-18(25)10-15-6-2-3-8-17(15)21(24)28/h2-9,13H,10,12H2,1H3,(H,23,27)/t13-/m0/s1. The summed E-state index contributed by atoms with van der Waals surface area (Å²) in [6.07, 6.45) is -1.14. The maximum absolute atomic E-state index is 12.5. The van der Waals surface area contributed by atoms with Gasteiger partial charge < -0.3 is 10.1 Å². The summed E-state index contributed by atoms with van der Waals surface area (Å²) in [5, 5.41) is 11.4. The van der Waals surface area contributed by atoms with E-state index in [9.17, 15) is 19.2 Å². The number of benzene rings is 2. The molecule has 2 aromatic carbocycles. The van der Waals surface area contributed by atoms with Crippen LogP contribution >= 0.6 is 0 Å². The smallest absolute Gasteiger partial charge is 0.326 e. The molecule has 1 aliphatic rings. The van der Waals surface area contributed by atoms with Gasteiger partial charge in [-0.3, -0.25) is 24.1 Å². The van der Waals surface area contributed by atoms with Crippen molar-refractivity contribution in [3.05, 3.63) is 65.2 Å². The van der Waals surface area contributed by atoms with Gasteiger partial charge in [-0.25, -0.2) is 0 Å². The van der Waals surface area contributed by atoms with Crippen molar-refractivity contribution in [1.82, 2.24) is 4.90 Å². The Hall–Kier alpha value is -3.99. The lowest BCUT2D eigenvalue weighted by molar-refractivity contribution is -0.155. The van der Waals surface area contributed by atoms with Crippen LogP contribution in [-0.4, -0.2) is 41.2 Å². The average Bonchev–Trinajstić information content (AvgIpc) is 2.71. The molecule has 0 unspecified atom stereocenters. The monoisotopic (exact) mass is 391 g/mol. The molecule has 0 saturated carbocycles. The molecular weight excluding hydrogens is 374 g/mol. The summed E-state index contributed by atoms with van der Waals surface area (Å²) >= 11 is 0. The summed E-state index contributed by atoms with van der Waals surface area (Å²) in [5.41, 5.74) is 1.73. The predicted octanol–water partition coefficient (Wildman–Crippen LogP) is 1.65. The van der Waals surface area contributed by atoms with Crippen molar-refractivity contribution in [3.63, 3.8) is 0 Å². The van der Waals surface area contributed by atoms with Crippen LogP contribution in [0.25, 0.3) is 0 Å². The number of nitrogens with one attached hydrogen (secondary N) is 1. The lowest BCUT2D eigenvalue weighted by atomic mass is 9.98. The first-order valence-electron chi connectivity index (χ1n) is 8.82. The van der Waals surface area contributed by atoms with Gasteiger partial charge in [-0.1, -0.05) is 24.3 Å². The van der Waals surface area contributed by atoms with E-state index in [4.69, 9.17) is 10.00 Å². The van der Waals surface area contributed by atoms with Gasteiger partial charge in [-0.05, 0) is 36.8 Å². The van der Waals surface area contributed by atoms with Gasteiger partial charge in [0.25, 0.3) is 11.8 Å². The molecule has 0 aliphatic carbocycles. The van der Waals surface area contributed by atoms with Crippen LogP contribution in [0.3, 0.4) is 0 Å².